The van der Waals surface area contributed by atoms with Crippen molar-refractivity contribution in [3.05, 3.63) is 11.2 Å². The van der Waals surface area contributed by atoms with Gasteiger partial charge in [0, 0.05) is 18.2 Å². The van der Waals surface area contributed by atoms with E-state index in [2.05, 4.69) is 34.3 Å². The average molecular weight is 256 g/mol. The fourth-order valence-electron chi connectivity index (χ4n) is 2.15. The smallest absolute Gasteiger partial charge is 0.223 e. The summed E-state index contributed by atoms with van der Waals surface area (Å²) in [7, 11) is 4.23. The van der Waals surface area contributed by atoms with Gasteiger partial charge in [0.05, 0.1) is 0 Å². The minimum Gasteiger partial charge on any atom is -0.368 e. The van der Waals surface area contributed by atoms with Gasteiger partial charge in [-0.15, -0.1) is 0 Å². The van der Waals surface area contributed by atoms with Crippen LogP contribution in [0.15, 0.2) is 6.07 Å². The summed E-state index contributed by atoms with van der Waals surface area (Å²) < 4.78 is 0. The lowest BCUT2D eigenvalue weighted by Gasteiger charge is -2.47. The molecule has 3 N–H and O–H groups in total. The number of nitrogens with zero attached hydrogens (tertiary/aromatic N) is 3. The number of halogens is 1. The van der Waals surface area contributed by atoms with Crippen LogP contribution in [0.4, 0.5) is 11.8 Å². The average Bonchev–Trinajstić information content (AvgIpc) is 2.13. The van der Waals surface area contributed by atoms with Crippen LogP contribution in [-0.4, -0.2) is 41.0 Å². The highest BCUT2D eigenvalue weighted by atomic mass is 35.5. The summed E-state index contributed by atoms with van der Waals surface area (Å²) in [5, 5.41) is 3.66. The molecule has 5 nitrogen and oxygen atoms in total. The monoisotopic (exact) mass is 255 g/mol. The van der Waals surface area contributed by atoms with Crippen LogP contribution in [-0.2, 0) is 0 Å². The summed E-state index contributed by atoms with van der Waals surface area (Å²) in [5.41, 5.74) is 5.79. The molecule has 1 heterocycles. The second-order valence-electron chi connectivity index (χ2n) is 4.76. The largest absolute Gasteiger partial charge is 0.368 e. The van der Waals surface area contributed by atoms with Crippen molar-refractivity contribution in [1.29, 1.82) is 0 Å². The van der Waals surface area contributed by atoms with E-state index in [1.54, 1.807) is 6.07 Å². The third-order valence-electron chi connectivity index (χ3n) is 3.54. The Balaban J connectivity index is 2.02. The van der Waals surface area contributed by atoms with Crippen LogP contribution in [0.1, 0.15) is 19.3 Å². The maximum atomic E-state index is 5.83. The SMILES string of the molecule is CN(C)C1(CNc2cc(Cl)nc(N)n2)CCC1. The number of aromatic nitrogens is 2. The van der Waals surface area contributed by atoms with Crippen molar-refractivity contribution in [1.82, 2.24) is 14.9 Å². The van der Waals surface area contributed by atoms with Gasteiger partial charge in [-0.25, -0.2) is 4.98 Å². The van der Waals surface area contributed by atoms with Gasteiger partial charge in [0.2, 0.25) is 5.95 Å². The zero-order valence-corrected chi connectivity index (χ0v) is 11.0. The molecule has 0 saturated heterocycles. The highest BCUT2D eigenvalue weighted by Gasteiger charge is 2.38. The molecule has 0 atom stereocenters. The quantitative estimate of drug-likeness (QED) is 0.800. The summed E-state index contributed by atoms with van der Waals surface area (Å²) in [4.78, 5) is 10.2. The number of hydrogen-bond acceptors (Lipinski definition) is 5. The lowest BCUT2D eigenvalue weighted by molar-refractivity contribution is 0.0738. The van der Waals surface area contributed by atoms with Gasteiger partial charge in [0.15, 0.2) is 0 Å². The summed E-state index contributed by atoms with van der Waals surface area (Å²) in [6, 6.07) is 1.69. The van der Waals surface area contributed by atoms with Crippen molar-refractivity contribution >= 4 is 23.4 Å². The highest BCUT2D eigenvalue weighted by Crippen LogP contribution is 2.36. The standard InChI is InChI=1S/C11H18ClN5/c1-17(2)11(4-3-5-11)7-14-9-6-8(12)15-10(13)16-9/h6H,3-5,7H2,1-2H3,(H3,13,14,15,16). The van der Waals surface area contributed by atoms with Gasteiger partial charge in [-0.3, -0.25) is 0 Å². The van der Waals surface area contributed by atoms with E-state index >= 15 is 0 Å². The van der Waals surface area contributed by atoms with Gasteiger partial charge in [0.25, 0.3) is 0 Å². The van der Waals surface area contributed by atoms with Gasteiger partial charge >= 0.3 is 0 Å². The van der Waals surface area contributed by atoms with E-state index in [-0.39, 0.29) is 11.5 Å². The van der Waals surface area contributed by atoms with Crippen molar-refractivity contribution in [2.24, 2.45) is 0 Å². The highest BCUT2D eigenvalue weighted by molar-refractivity contribution is 6.29. The molecule has 0 unspecified atom stereocenters. The van der Waals surface area contributed by atoms with E-state index in [9.17, 15) is 0 Å². The zero-order valence-electron chi connectivity index (χ0n) is 10.2. The van der Waals surface area contributed by atoms with Crippen molar-refractivity contribution in [2.75, 3.05) is 31.7 Å². The first-order chi connectivity index (χ1) is 8.02. The van der Waals surface area contributed by atoms with Gasteiger partial charge in [-0.1, -0.05) is 11.6 Å². The predicted octanol–water partition coefficient (Wildman–Crippen LogP) is 1.61. The predicted molar refractivity (Wildman–Crippen MR) is 70.2 cm³/mol. The molecule has 1 fully saturated rings. The lowest BCUT2D eigenvalue weighted by atomic mass is 9.75. The molecule has 0 aromatic carbocycles. The van der Waals surface area contributed by atoms with Crippen molar-refractivity contribution in [3.8, 4) is 0 Å². The summed E-state index contributed by atoms with van der Waals surface area (Å²) in [5.74, 6) is 0.892. The van der Waals surface area contributed by atoms with Gasteiger partial charge in [-0.2, -0.15) is 4.98 Å². The fourth-order valence-corrected chi connectivity index (χ4v) is 2.34. The summed E-state index contributed by atoms with van der Waals surface area (Å²) in [6.45, 7) is 0.854. The molecule has 1 aromatic heterocycles. The first kappa shape index (κ1) is 12.4. The molecule has 17 heavy (non-hydrogen) atoms. The van der Waals surface area contributed by atoms with Crippen molar-refractivity contribution in [3.63, 3.8) is 0 Å². The van der Waals surface area contributed by atoms with E-state index in [1.807, 2.05) is 0 Å². The maximum absolute atomic E-state index is 5.83. The summed E-state index contributed by atoms with van der Waals surface area (Å²) in [6.07, 6.45) is 3.70. The molecule has 0 bridgehead atoms. The van der Waals surface area contributed by atoms with E-state index < -0.39 is 0 Å². The first-order valence-electron chi connectivity index (χ1n) is 5.73. The van der Waals surface area contributed by atoms with Gasteiger partial charge in [0.1, 0.15) is 11.0 Å². The fraction of sp³-hybridized carbons (Fsp3) is 0.636. The molecule has 0 amide bonds. The van der Waals surface area contributed by atoms with Crippen molar-refractivity contribution < 1.29 is 0 Å². The molecule has 94 valence electrons. The maximum Gasteiger partial charge on any atom is 0.223 e. The molecule has 0 radical (unpaired) electrons. The third-order valence-corrected chi connectivity index (χ3v) is 3.74. The number of likely N-dealkylation sites (N-methyl/N-ethyl adjacent to an activating group) is 1. The molecule has 0 spiro atoms. The number of nitrogen functional groups attached to an aromatic ring is 1. The Kier molecular flexibility index (Phi) is 3.40. The van der Waals surface area contributed by atoms with E-state index in [0.717, 1.165) is 6.54 Å². The van der Waals surface area contributed by atoms with Crippen LogP contribution < -0.4 is 11.1 Å². The molecule has 0 aliphatic heterocycles. The van der Waals surface area contributed by atoms with Crippen LogP contribution >= 0.6 is 11.6 Å². The van der Waals surface area contributed by atoms with Crippen LogP contribution in [0.5, 0.6) is 0 Å². The third kappa shape index (κ3) is 2.61. The van der Waals surface area contributed by atoms with Gasteiger partial charge in [-0.05, 0) is 33.4 Å². The van der Waals surface area contributed by atoms with Crippen molar-refractivity contribution in [2.45, 2.75) is 24.8 Å². The normalized spacial score (nSPS) is 17.9. The number of nitrogens with two attached hydrogens (primary N) is 1. The molecule has 2 rings (SSSR count). The van der Waals surface area contributed by atoms with E-state index in [1.165, 1.54) is 19.3 Å². The Labute approximate surface area is 106 Å². The van der Waals surface area contributed by atoms with Crippen LogP contribution in [0.25, 0.3) is 0 Å². The molecule has 1 aliphatic carbocycles. The topological polar surface area (TPSA) is 67.1 Å². The number of rotatable bonds is 4. The number of anilines is 2. The molecule has 1 aromatic rings. The Morgan fingerprint density at radius 1 is 1.47 bits per heavy atom. The minimum absolute atomic E-state index is 0.201. The molecular formula is C11H18ClN5. The van der Waals surface area contributed by atoms with Crippen LogP contribution in [0.2, 0.25) is 5.15 Å². The van der Waals surface area contributed by atoms with E-state index in [0.29, 0.717) is 11.0 Å². The zero-order chi connectivity index (χ0) is 12.5. The Morgan fingerprint density at radius 2 is 2.18 bits per heavy atom. The molecule has 1 aliphatic rings. The second-order valence-corrected chi connectivity index (χ2v) is 5.15. The number of nitrogens with one attached hydrogen (secondary N) is 1. The number of hydrogen-bond donors (Lipinski definition) is 2. The Bertz CT molecular complexity index is 383. The van der Waals surface area contributed by atoms with E-state index in [4.69, 9.17) is 17.3 Å². The Morgan fingerprint density at radius 3 is 2.65 bits per heavy atom. The van der Waals surface area contributed by atoms with Crippen LogP contribution in [0, 0.1) is 0 Å². The first-order valence-corrected chi connectivity index (χ1v) is 6.11. The lowest BCUT2D eigenvalue weighted by Crippen LogP contribution is -2.54. The second kappa shape index (κ2) is 4.66. The summed E-state index contributed by atoms with van der Waals surface area (Å²) >= 11 is 5.83. The minimum atomic E-state index is 0.201. The van der Waals surface area contributed by atoms with Gasteiger partial charge < -0.3 is 16.0 Å². The molecule has 6 heteroatoms. The molecular weight excluding hydrogens is 238 g/mol. The molecule has 1 saturated carbocycles. The van der Waals surface area contributed by atoms with Crippen LogP contribution in [0.3, 0.4) is 0 Å². The Hall–Kier alpha value is -1.07.